The number of thiocarbonyl (C=S) groups is 1. The average Bonchev–Trinajstić information content (AvgIpc) is 3.01. The molecule has 0 unspecified atom stereocenters. The maximum absolute atomic E-state index is 12.7. The summed E-state index contributed by atoms with van der Waals surface area (Å²) in [6.45, 7) is 4.15. The predicted molar refractivity (Wildman–Crippen MR) is 125 cm³/mol. The molecule has 0 N–H and O–H groups in total. The lowest BCUT2D eigenvalue weighted by molar-refractivity contribution is -0.133. The van der Waals surface area contributed by atoms with Crippen molar-refractivity contribution in [1.82, 2.24) is 14.7 Å². The molecule has 2 amide bonds. The van der Waals surface area contributed by atoms with Gasteiger partial charge >= 0.3 is 0 Å². The lowest BCUT2D eigenvalue weighted by atomic mass is 10.1. The largest absolute Gasteiger partial charge is 0.497 e. The van der Waals surface area contributed by atoms with Crippen molar-refractivity contribution < 1.29 is 14.3 Å². The maximum atomic E-state index is 12.7. The fraction of sp³-hybridized carbons (Fsp3) is 0.500. The monoisotopic (exact) mass is 447 g/mol. The summed E-state index contributed by atoms with van der Waals surface area (Å²) in [7, 11) is 3.71. The van der Waals surface area contributed by atoms with Gasteiger partial charge in [0.2, 0.25) is 5.91 Å². The molecule has 2 aliphatic rings. The first-order valence-electron chi connectivity index (χ1n) is 10.3. The fourth-order valence-electron chi connectivity index (χ4n) is 3.48. The zero-order chi connectivity index (χ0) is 21.5. The number of carbonyl (C=O) groups is 2. The third-order valence-corrected chi connectivity index (χ3v) is 6.79. The van der Waals surface area contributed by atoms with Gasteiger partial charge in [-0.2, -0.15) is 0 Å². The number of hydrogen-bond donors (Lipinski definition) is 0. The van der Waals surface area contributed by atoms with E-state index in [4.69, 9.17) is 17.0 Å². The Labute approximate surface area is 188 Å². The standard InChI is InChI=1S/C22H29N3O3S2/c1-23-12-14-24(15-13-23)20(26)6-4-3-5-11-25-21(27)19(30-22(25)29)16-17-7-9-18(28-2)10-8-17/h7-10,16H,3-6,11-15H2,1-2H3/b19-16-. The Kier molecular flexibility index (Phi) is 8.30. The van der Waals surface area contributed by atoms with Crippen LogP contribution >= 0.6 is 24.0 Å². The van der Waals surface area contributed by atoms with Crippen molar-refractivity contribution in [3.63, 3.8) is 0 Å². The zero-order valence-electron chi connectivity index (χ0n) is 17.6. The molecule has 8 heteroatoms. The molecule has 0 bridgehead atoms. The molecule has 0 saturated carbocycles. The maximum Gasteiger partial charge on any atom is 0.266 e. The molecule has 6 nitrogen and oxygen atoms in total. The van der Waals surface area contributed by atoms with Crippen LogP contribution in [0.4, 0.5) is 0 Å². The van der Waals surface area contributed by atoms with Gasteiger partial charge in [0, 0.05) is 39.1 Å². The van der Waals surface area contributed by atoms with E-state index in [1.807, 2.05) is 35.2 Å². The quantitative estimate of drug-likeness (QED) is 0.347. The van der Waals surface area contributed by atoms with Crippen LogP contribution < -0.4 is 4.74 Å². The molecule has 2 saturated heterocycles. The number of thioether (sulfide) groups is 1. The lowest BCUT2D eigenvalue weighted by Crippen LogP contribution is -2.47. The Morgan fingerprint density at radius 3 is 2.50 bits per heavy atom. The van der Waals surface area contributed by atoms with Gasteiger partial charge in [-0.25, -0.2) is 0 Å². The first kappa shape index (κ1) is 22.8. The Hall–Kier alpha value is -1.90. The van der Waals surface area contributed by atoms with Crippen molar-refractivity contribution in [3.8, 4) is 5.75 Å². The van der Waals surface area contributed by atoms with Gasteiger partial charge in [-0.3, -0.25) is 14.5 Å². The van der Waals surface area contributed by atoms with E-state index in [9.17, 15) is 9.59 Å². The summed E-state index contributed by atoms with van der Waals surface area (Å²) in [6.07, 6.45) is 5.06. The first-order valence-corrected chi connectivity index (χ1v) is 11.6. The number of benzene rings is 1. The summed E-state index contributed by atoms with van der Waals surface area (Å²) < 4.78 is 5.77. The smallest absolute Gasteiger partial charge is 0.266 e. The van der Waals surface area contributed by atoms with Crippen LogP contribution in [0.2, 0.25) is 0 Å². The van der Waals surface area contributed by atoms with Gasteiger partial charge in [-0.05, 0) is 43.7 Å². The molecular weight excluding hydrogens is 418 g/mol. The van der Waals surface area contributed by atoms with E-state index >= 15 is 0 Å². The van der Waals surface area contributed by atoms with Crippen LogP contribution in [-0.2, 0) is 9.59 Å². The van der Waals surface area contributed by atoms with E-state index in [1.54, 1.807) is 12.0 Å². The van der Waals surface area contributed by atoms with Gasteiger partial charge < -0.3 is 14.5 Å². The fourth-order valence-corrected chi connectivity index (χ4v) is 4.79. The van der Waals surface area contributed by atoms with E-state index in [1.165, 1.54) is 11.8 Å². The number of methoxy groups -OCH3 is 1. The van der Waals surface area contributed by atoms with Crippen molar-refractivity contribution in [3.05, 3.63) is 34.7 Å². The predicted octanol–water partition coefficient (Wildman–Crippen LogP) is 3.23. The Bertz CT molecular complexity index is 802. The normalized spacial score (nSPS) is 19.1. The Morgan fingerprint density at radius 1 is 1.13 bits per heavy atom. The van der Waals surface area contributed by atoms with Gasteiger partial charge in [0.15, 0.2) is 0 Å². The molecule has 162 valence electrons. The highest BCUT2D eigenvalue weighted by Gasteiger charge is 2.31. The highest BCUT2D eigenvalue weighted by atomic mass is 32.2. The van der Waals surface area contributed by atoms with Crippen LogP contribution in [0.25, 0.3) is 6.08 Å². The molecule has 1 aromatic carbocycles. The number of rotatable bonds is 8. The number of unbranched alkanes of at least 4 members (excludes halogenated alkanes) is 2. The molecule has 2 fully saturated rings. The van der Waals surface area contributed by atoms with Crippen LogP contribution in [0.3, 0.4) is 0 Å². The van der Waals surface area contributed by atoms with Crippen LogP contribution in [0.5, 0.6) is 5.75 Å². The number of likely N-dealkylation sites (N-methyl/N-ethyl adjacent to an activating group) is 1. The highest BCUT2D eigenvalue weighted by molar-refractivity contribution is 8.26. The summed E-state index contributed by atoms with van der Waals surface area (Å²) >= 11 is 6.75. The van der Waals surface area contributed by atoms with E-state index < -0.39 is 0 Å². The summed E-state index contributed by atoms with van der Waals surface area (Å²) in [6, 6.07) is 7.58. The number of amides is 2. The van der Waals surface area contributed by atoms with Crippen LogP contribution in [-0.4, -0.2) is 77.7 Å². The molecule has 2 heterocycles. The topological polar surface area (TPSA) is 53.1 Å². The van der Waals surface area contributed by atoms with Gasteiger partial charge in [0.25, 0.3) is 5.91 Å². The lowest BCUT2D eigenvalue weighted by Gasteiger charge is -2.32. The molecule has 3 rings (SSSR count). The Balaban J connectivity index is 1.41. The number of piperazine rings is 1. The van der Waals surface area contributed by atoms with Crippen LogP contribution in [0.15, 0.2) is 29.2 Å². The number of ether oxygens (including phenoxy) is 1. The van der Waals surface area contributed by atoms with Crippen LogP contribution in [0, 0.1) is 0 Å². The molecule has 2 aliphatic heterocycles. The van der Waals surface area contributed by atoms with Crippen LogP contribution in [0.1, 0.15) is 31.2 Å². The average molecular weight is 448 g/mol. The first-order chi connectivity index (χ1) is 14.5. The summed E-state index contributed by atoms with van der Waals surface area (Å²) in [4.78, 5) is 31.5. The second kappa shape index (κ2) is 10.9. The highest BCUT2D eigenvalue weighted by Crippen LogP contribution is 2.33. The molecule has 30 heavy (non-hydrogen) atoms. The van der Waals surface area contributed by atoms with E-state index in [2.05, 4.69) is 11.9 Å². The minimum atomic E-state index is -0.0330. The molecule has 0 aromatic heterocycles. The van der Waals surface area contributed by atoms with Crippen molar-refractivity contribution in [2.45, 2.75) is 25.7 Å². The molecule has 0 radical (unpaired) electrons. The van der Waals surface area contributed by atoms with Gasteiger partial charge in [0.1, 0.15) is 10.1 Å². The second-order valence-corrected chi connectivity index (χ2v) is 9.28. The summed E-state index contributed by atoms with van der Waals surface area (Å²) in [5.41, 5.74) is 0.943. The van der Waals surface area contributed by atoms with Crippen molar-refractivity contribution >= 4 is 46.2 Å². The second-order valence-electron chi connectivity index (χ2n) is 7.60. The van der Waals surface area contributed by atoms with Crippen molar-refractivity contribution in [2.75, 3.05) is 46.9 Å². The number of carbonyl (C=O) groups excluding carboxylic acids is 2. The summed E-state index contributed by atoms with van der Waals surface area (Å²) in [5.74, 6) is 0.997. The minimum absolute atomic E-state index is 0.0330. The van der Waals surface area contributed by atoms with E-state index in [-0.39, 0.29) is 11.8 Å². The van der Waals surface area contributed by atoms with Crippen molar-refractivity contribution in [2.24, 2.45) is 0 Å². The zero-order valence-corrected chi connectivity index (χ0v) is 19.3. The van der Waals surface area contributed by atoms with Crippen molar-refractivity contribution in [1.29, 1.82) is 0 Å². The third kappa shape index (κ3) is 6.06. The molecule has 0 spiro atoms. The van der Waals surface area contributed by atoms with Gasteiger partial charge in [-0.1, -0.05) is 42.5 Å². The molecule has 0 aliphatic carbocycles. The van der Waals surface area contributed by atoms with E-state index in [0.717, 1.165) is 56.8 Å². The molecular formula is C22H29N3O3S2. The SMILES string of the molecule is COc1ccc(/C=C2\SC(=S)N(CCCCCC(=O)N3CCN(C)CC3)C2=O)cc1. The summed E-state index contributed by atoms with van der Waals surface area (Å²) in [5, 5.41) is 0. The van der Waals surface area contributed by atoms with Gasteiger partial charge in [0.05, 0.1) is 12.0 Å². The Morgan fingerprint density at radius 2 is 1.83 bits per heavy atom. The minimum Gasteiger partial charge on any atom is -0.497 e. The third-order valence-electron chi connectivity index (χ3n) is 5.42. The van der Waals surface area contributed by atoms with E-state index in [0.29, 0.717) is 22.2 Å². The number of nitrogens with zero attached hydrogens (tertiary/aromatic N) is 3. The molecule has 0 atom stereocenters. The van der Waals surface area contributed by atoms with Gasteiger partial charge in [-0.15, -0.1) is 0 Å². The number of hydrogen-bond acceptors (Lipinski definition) is 6. The molecule has 1 aromatic rings.